The van der Waals surface area contributed by atoms with E-state index in [1.807, 2.05) is 17.2 Å². The fourth-order valence-electron chi connectivity index (χ4n) is 4.20. The van der Waals surface area contributed by atoms with Crippen LogP contribution in [0.1, 0.15) is 37.9 Å². The first-order chi connectivity index (χ1) is 12.7. The summed E-state index contributed by atoms with van der Waals surface area (Å²) in [5.74, 6) is 1.69. The first-order valence-electron chi connectivity index (χ1n) is 9.45. The molecular formula is C18H26N6O2. The molecule has 140 valence electrons. The van der Waals surface area contributed by atoms with Crippen molar-refractivity contribution in [3.8, 4) is 0 Å². The number of fused-ring (bicyclic) bond motifs is 1. The van der Waals surface area contributed by atoms with Crippen LogP contribution in [0.2, 0.25) is 0 Å². The van der Waals surface area contributed by atoms with Crippen molar-refractivity contribution in [3.05, 3.63) is 24.3 Å². The van der Waals surface area contributed by atoms with Crippen LogP contribution in [0.4, 0.5) is 0 Å². The first-order valence-corrected chi connectivity index (χ1v) is 9.45. The standard InChI is InChI=1S/C18H26N6O2/c25-12-2-8-23-14-18(4-3-16(23)26)5-10-22(11-6-18)13-15-20-17-19-7-1-9-24(17)21-15/h1,7,9,25H,2-6,8,10-14H2. The van der Waals surface area contributed by atoms with Gasteiger partial charge in [-0.05, 0) is 50.3 Å². The zero-order valence-corrected chi connectivity index (χ0v) is 15.0. The minimum Gasteiger partial charge on any atom is -0.396 e. The highest BCUT2D eigenvalue weighted by atomic mass is 16.3. The van der Waals surface area contributed by atoms with Crippen molar-refractivity contribution in [2.45, 2.75) is 38.6 Å². The molecule has 2 aliphatic heterocycles. The van der Waals surface area contributed by atoms with E-state index >= 15 is 0 Å². The van der Waals surface area contributed by atoms with Crippen molar-refractivity contribution in [1.82, 2.24) is 29.4 Å². The van der Waals surface area contributed by atoms with Crippen LogP contribution in [0.3, 0.4) is 0 Å². The number of rotatable bonds is 5. The van der Waals surface area contributed by atoms with E-state index in [9.17, 15) is 4.79 Å². The molecule has 8 heteroatoms. The number of likely N-dealkylation sites (tertiary alicyclic amines) is 2. The number of hydrogen-bond acceptors (Lipinski definition) is 6. The topological polar surface area (TPSA) is 86.9 Å². The Morgan fingerprint density at radius 2 is 2.08 bits per heavy atom. The third-order valence-corrected chi connectivity index (χ3v) is 5.78. The highest BCUT2D eigenvalue weighted by Gasteiger charge is 2.40. The van der Waals surface area contributed by atoms with E-state index in [4.69, 9.17) is 5.11 Å². The van der Waals surface area contributed by atoms with Gasteiger partial charge < -0.3 is 10.0 Å². The van der Waals surface area contributed by atoms with E-state index in [1.165, 1.54) is 0 Å². The monoisotopic (exact) mass is 358 g/mol. The fourth-order valence-corrected chi connectivity index (χ4v) is 4.20. The number of carbonyl (C=O) groups is 1. The second kappa shape index (κ2) is 7.28. The Balaban J connectivity index is 1.35. The summed E-state index contributed by atoms with van der Waals surface area (Å²) in [4.78, 5) is 25.2. The Bertz CT molecular complexity index is 735. The van der Waals surface area contributed by atoms with Gasteiger partial charge >= 0.3 is 0 Å². The van der Waals surface area contributed by atoms with E-state index < -0.39 is 0 Å². The third-order valence-electron chi connectivity index (χ3n) is 5.78. The molecular weight excluding hydrogens is 332 g/mol. The molecule has 1 N–H and O–H groups in total. The Morgan fingerprint density at radius 3 is 2.85 bits per heavy atom. The lowest BCUT2D eigenvalue weighted by Crippen LogP contribution is -2.51. The van der Waals surface area contributed by atoms with Crippen LogP contribution >= 0.6 is 0 Å². The third kappa shape index (κ3) is 3.57. The normalized spacial score (nSPS) is 21.0. The summed E-state index contributed by atoms with van der Waals surface area (Å²) in [6.45, 7) is 4.42. The summed E-state index contributed by atoms with van der Waals surface area (Å²) < 4.78 is 1.71. The van der Waals surface area contributed by atoms with Crippen LogP contribution in [-0.4, -0.2) is 73.2 Å². The second-order valence-corrected chi connectivity index (χ2v) is 7.56. The van der Waals surface area contributed by atoms with E-state index in [-0.39, 0.29) is 17.9 Å². The fraction of sp³-hybridized carbons (Fsp3) is 0.667. The van der Waals surface area contributed by atoms with E-state index in [1.54, 1.807) is 10.7 Å². The molecule has 0 bridgehead atoms. The molecule has 2 aliphatic rings. The van der Waals surface area contributed by atoms with Gasteiger partial charge in [0.05, 0.1) is 6.54 Å². The summed E-state index contributed by atoms with van der Waals surface area (Å²) in [5, 5.41) is 13.5. The number of nitrogens with zero attached hydrogens (tertiary/aromatic N) is 6. The minimum absolute atomic E-state index is 0.144. The molecule has 2 aromatic heterocycles. The minimum atomic E-state index is 0.144. The molecule has 2 saturated heterocycles. The number of amides is 1. The van der Waals surface area contributed by atoms with Crippen LogP contribution in [0.15, 0.2) is 18.5 Å². The predicted octanol–water partition coefficient (Wildman–Crippen LogP) is 0.711. The lowest BCUT2D eigenvalue weighted by atomic mass is 9.72. The van der Waals surface area contributed by atoms with Gasteiger partial charge in [-0.3, -0.25) is 9.69 Å². The molecule has 4 heterocycles. The van der Waals surface area contributed by atoms with Gasteiger partial charge in [-0.25, -0.2) is 9.50 Å². The quantitative estimate of drug-likeness (QED) is 0.847. The number of aromatic nitrogens is 4. The van der Waals surface area contributed by atoms with E-state index in [0.29, 0.717) is 25.2 Å². The zero-order chi connectivity index (χ0) is 18.0. The van der Waals surface area contributed by atoms with Crippen LogP contribution in [-0.2, 0) is 11.3 Å². The highest BCUT2D eigenvalue weighted by molar-refractivity contribution is 5.77. The predicted molar refractivity (Wildman–Crippen MR) is 95.2 cm³/mol. The number of piperidine rings is 2. The molecule has 0 saturated carbocycles. The molecule has 8 nitrogen and oxygen atoms in total. The first kappa shape index (κ1) is 17.4. The van der Waals surface area contributed by atoms with Gasteiger partial charge in [0.2, 0.25) is 5.91 Å². The van der Waals surface area contributed by atoms with Crippen molar-refractivity contribution >= 4 is 11.7 Å². The summed E-state index contributed by atoms with van der Waals surface area (Å²) in [6.07, 6.45) is 8.09. The van der Waals surface area contributed by atoms with E-state index in [2.05, 4.69) is 20.0 Å². The number of carbonyl (C=O) groups excluding carboxylic acids is 1. The van der Waals surface area contributed by atoms with Crippen molar-refractivity contribution in [3.63, 3.8) is 0 Å². The SMILES string of the molecule is O=C1CCC2(CCN(Cc3nc4ncccn4n3)CC2)CN1CCCO. The van der Waals surface area contributed by atoms with Gasteiger partial charge in [-0.1, -0.05) is 0 Å². The number of aliphatic hydroxyl groups excluding tert-OH is 1. The van der Waals surface area contributed by atoms with Crippen molar-refractivity contribution < 1.29 is 9.90 Å². The summed E-state index contributed by atoms with van der Waals surface area (Å²) in [7, 11) is 0. The lowest BCUT2D eigenvalue weighted by molar-refractivity contribution is -0.139. The van der Waals surface area contributed by atoms with E-state index in [0.717, 1.165) is 51.3 Å². The maximum absolute atomic E-state index is 12.1. The summed E-state index contributed by atoms with van der Waals surface area (Å²) >= 11 is 0. The molecule has 0 radical (unpaired) electrons. The van der Waals surface area contributed by atoms with Crippen LogP contribution in [0, 0.1) is 5.41 Å². The van der Waals surface area contributed by atoms with Crippen LogP contribution < -0.4 is 0 Å². The lowest BCUT2D eigenvalue weighted by Gasteiger charge is -2.47. The molecule has 2 fully saturated rings. The Morgan fingerprint density at radius 1 is 1.23 bits per heavy atom. The highest BCUT2D eigenvalue weighted by Crippen LogP contribution is 2.40. The van der Waals surface area contributed by atoms with Gasteiger partial charge in [0.25, 0.3) is 5.78 Å². The average Bonchev–Trinajstić information content (AvgIpc) is 3.07. The molecule has 0 aliphatic carbocycles. The Hall–Kier alpha value is -2.06. The van der Waals surface area contributed by atoms with Crippen molar-refractivity contribution in [2.75, 3.05) is 32.8 Å². The van der Waals surface area contributed by atoms with Crippen molar-refractivity contribution in [2.24, 2.45) is 5.41 Å². The number of aliphatic hydroxyl groups is 1. The molecule has 0 aromatic carbocycles. The molecule has 26 heavy (non-hydrogen) atoms. The summed E-state index contributed by atoms with van der Waals surface area (Å²) in [5.41, 5.74) is 0.244. The van der Waals surface area contributed by atoms with Crippen LogP contribution in [0.25, 0.3) is 5.78 Å². The van der Waals surface area contributed by atoms with Crippen LogP contribution in [0.5, 0.6) is 0 Å². The largest absolute Gasteiger partial charge is 0.396 e. The molecule has 1 amide bonds. The zero-order valence-electron chi connectivity index (χ0n) is 15.0. The van der Waals surface area contributed by atoms with Gasteiger partial charge in [-0.15, -0.1) is 5.10 Å². The maximum Gasteiger partial charge on any atom is 0.252 e. The smallest absolute Gasteiger partial charge is 0.252 e. The van der Waals surface area contributed by atoms with Gasteiger partial charge in [0.1, 0.15) is 0 Å². The van der Waals surface area contributed by atoms with Crippen molar-refractivity contribution in [1.29, 1.82) is 0 Å². The number of hydrogen-bond donors (Lipinski definition) is 1. The molecule has 2 aromatic rings. The molecule has 0 atom stereocenters. The average molecular weight is 358 g/mol. The molecule has 1 spiro atoms. The molecule has 0 unspecified atom stereocenters. The van der Waals surface area contributed by atoms with Gasteiger partial charge in [-0.2, -0.15) is 4.98 Å². The Kier molecular flexibility index (Phi) is 4.86. The Labute approximate surface area is 152 Å². The van der Waals surface area contributed by atoms with Gasteiger partial charge in [0.15, 0.2) is 5.82 Å². The van der Waals surface area contributed by atoms with Gasteiger partial charge in [0, 0.05) is 38.5 Å². The summed E-state index contributed by atoms with van der Waals surface area (Å²) in [6, 6.07) is 1.85. The maximum atomic E-state index is 12.1. The molecule has 4 rings (SSSR count). The second-order valence-electron chi connectivity index (χ2n) is 7.56.